The minimum atomic E-state index is -2.19. The summed E-state index contributed by atoms with van der Waals surface area (Å²) in [4.78, 5) is 49.7. The van der Waals surface area contributed by atoms with Crippen molar-refractivity contribution in [3.8, 4) is 0 Å². The van der Waals surface area contributed by atoms with Gasteiger partial charge in [-0.25, -0.2) is 4.79 Å². The number of amides is 2. The van der Waals surface area contributed by atoms with E-state index in [4.69, 9.17) is 13.9 Å². The number of allylic oxidation sites excluding steroid dienone is 2. The first-order valence-electron chi connectivity index (χ1n) is 15.8. The van der Waals surface area contributed by atoms with Gasteiger partial charge in [-0.05, 0) is 62.2 Å². The Morgan fingerprint density at radius 1 is 1.09 bits per heavy atom. The van der Waals surface area contributed by atoms with E-state index < -0.39 is 26.3 Å². The fourth-order valence-electron chi connectivity index (χ4n) is 5.13. The van der Waals surface area contributed by atoms with Crippen molar-refractivity contribution in [2.45, 2.75) is 123 Å². The number of ether oxygens (including phenoxy) is 2. The quantitative estimate of drug-likeness (QED) is 0.0408. The van der Waals surface area contributed by atoms with Crippen molar-refractivity contribution >= 4 is 31.9 Å². The van der Waals surface area contributed by atoms with Gasteiger partial charge in [-0.1, -0.05) is 58.9 Å². The smallest absolute Gasteiger partial charge is 0.331 e. The van der Waals surface area contributed by atoms with E-state index in [0.29, 0.717) is 32.1 Å². The number of ketones is 1. The number of rotatable bonds is 19. The molecule has 0 bridgehead atoms. The molecule has 0 aromatic carbocycles. The zero-order valence-electron chi connectivity index (χ0n) is 28.6. The molecule has 8 nitrogen and oxygen atoms in total. The maximum absolute atomic E-state index is 13.4. The fraction of sp³-hybridized carbons (Fsp3) is 0.657. The van der Waals surface area contributed by atoms with E-state index in [0.717, 1.165) is 12.0 Å². The first-order valence-corrected chi connectivity index (χ1v) is 18.7. The molecule has 1 saturated heterocycles. The third-order valence-corrected chi connectivity index (χ3v) is 13.3. The number of piperidine rings is 1. The number of esters is 1. The highest BCUT2D eigenvalue weighted by Gasteiger charge is 2.42. The van der Waals surface area contributed by atoms with Crippen LogP contribution in [-0.2, 0) is 33.1 Å². The first-order chi connectivity index (χ1) is 20.5. The second-order valence-corrected chi connectivity index (χ2v) is 18.3. The normalized spacial score (nSPS) is 18.7. The monoisotopic (exact) mass is 631 g/mol. The van der Waals surface area contributed by atoms with Gasteiger partial charge in [0.05, 0.1) is 12.0 Å². The second-order valence-electron chi connectivity index (χ2n) is 13.6. The van der Waals surface area contributed by atoms with Crippen LogP contribution in [0.3, 0.4) is 0 Å². The van der Waals surface area contributed by atoms with Crippen molar-refractivity contribution in [2.24, 2.45) is 17.8 Å². The summed E-state index contributed by atoms with van der Waals surface area (Å²) < 4.78 is 18.5. The summed E-state index contributed by atoms with van der Waals surface area (Å²) in [6.07, 6.45) is 10.6. The summed E-state index contributed by atoms with van der Waals surface area (Å²) in [6, 6.07) is 0. The van der Waals surface area contributed by atoms with Gasteiger partial charge in [0.25, 0.3) is 0 Å². The third kappa shape index (κ3) is 12.8. The summed E-state index contributed by atoms with van der Waals surface area (Å²) in [5.74, 6) is -1.89. The van der Waals surface area contributed by atoms with Crippen LogP contribution >= 0.6 is 0 Å². The van der Waals surface area contributed by atoms with Crippen molar-refractivity contribution in [2.75, 3.05) is 7.11 Å². The van der Waals surface area contributed by atoms with Crippen molar-refractivity contribution in [1.29, 1.82) is 0 Å². The van der Waals surface area contributed by atoms with Crippen molar-refractivity contribution in [3.05, 3.63) is 49.1 Å². The number of hydrogen-bond acceptors (Lipinski definition) is 7. The number of imide groups is 1. The molecule has 1 aliphatic heterocycles. The van der Waals surface area contributed by atoms with Gasteiger partial charge in [0, 0.05) is 38.4 Å². The zero-order chi connectivity index (χ0) is 33.7. The van der Waals surface area contributed by atoms with Gasteiger partial charge in [-0.2, -0.15) is 0 Å². The van der Waals surface area contributed by atoms with Gasteiger partial charge in [0.2, 0.25) is 11.8 Å². The largest absolute Gasteiger partial charge is 0.454 e. The van der Waals surface area contributed by atoms with Crippen LogP contribution in [0.4, 0.5) is 0 Å². The Labute approximate surface area is 266 Å². The van der Waals surface area contributed by atoms with Gasteiger partial charge in [-0.15, -0.1) is 13.2 Å². The minimum Gasteiger partial charge on any atom is -0.454 e. The summed E-state index contributed by atoms with van der Waals surface area (Å²) >= 11 is 0. The molecule has 1 aliphatic rings. The number of unbranched alkanes of at least 4 members (excludes halogenated alkanes) is 1. The molecule has 9 heteroatoms. The second kappa shape index (κ2) is 18.4. The van der Waals surface area contributed by atoms with E-state index in [1.165, 1.54) is 6.08 Å². The third-order valence-electron chi connectivity index (χ3n) is 8.82. The van der Waals surface area contributed by atoms with Crippen LogP contribution in [0, 0.1) is 17.8 Å². The van der Waals surface area contributed by atoms with Crippen LogP contribution in [0.25, 0.3) is 0 Å². The van der Waals surface area contributed by atoms with Gasteiger partial charge in [0.1, 0.15) is 18.0 Å². The Morgan fingerprint density at radius 2 is 1.70 bits per heavy atom. The topological polar surface area (TPSA) is 108 Å². The van der Waals surface area contributed by atoms with E-state index in [1.807, 2.05) is 19.9 Å². The average Bonchev–Trinajstić information content (AvgIpc) is 2.92. The molecule has 44 heavy (non-hydrogen) atoms. The number of hydrogen-bond donors (Lipinski definition) is 1. The number of carbonyl (C=O) groups is 4. The lowest BCUT2D eigenvalue weighted by atomic mass is 9.86. The molecule has 2 amide bonds. The molecule has 0 spiro atoms. The summed E-state index contributed by atoms with van der Waals surface area (Å²) in [5.41, 5.74) is 0.753. The van der Waals surface area contributed by atoms with Crippen LogP contribution in [0.1, 0.15) is 86.5 Å². The molecule has 5 atom stereocenters. The summed E-state index contributed by atoms with van der Waals surface area (Å²) in [7, 11) is -0.553. The molecule has 0 radical (unpaired) electrons. The van der Waals surface area contributed by atoms with Gasteiger partial charge in [0.15, 0.2) is 8.32 Å². The number of carbonyl (C=O) groups excluding carboxylic acids is 4. The van der Waals surface area contributed by atoms with E-state index in [1.54, 1.807) is 32.3 Å². The maximum atomic E-state index is 13.4. The standard InChI is InChI=1S/C35H57NO7Si/c1-12-14-15-16-20-32(40)42-33(26(5)28(37)19-17-18-27-22-30(38)36-31(39)23-27)24(3)21-25(4)34(29(13-2)41-9)43-44(10,11)35(6,7)8/h12-13,16,20-21,25-27,29,33-34H,1-2,14-15,17-19,22-23H2,3-11H3,(H,36,38,39)/t25-,26-,29+,33?,34+/m1/s1. The van der Waals surface area contributed by atoms with Crippen molar-refractivity contribution < 1.29 is 33.1 Å². The van der Waals surface area contributed by atoms with Gasteiger partial charge >= 0.3 is 5.97 Å². The van der Waals surface area contributed by atoms with E-state index in [9.17, 15) is 19.2 Å². The molecule has 0 aliphatic carbocycles. The van der Waals surface area contributed by atoms with Gasteiger partial charge < -0.3 is 13.9 Å². The molecule has 1 N–H and O–H groups in total. The average molecular weight is 632 g/mol. The molecule has 1 heterocycles. The Balaban J connectivity index is 3.23. The summed E-state index contributed by atoms with van der Waals surface area (Å²) in [6.45, 7) is 24.3. The Kier molecular flexibility index (Phi) is 16.5. The van der Waals surface area contributed by atoms with Gasteiger partial charge in [-0.3, -0.25) is 19.7 Å². The maximum Gasteiger partial charge on any atom is 0.331 e. The SMILES string of the molecule is C=CCCC=CC(=O)OC(C(C)=C[C@@H](C)[C@H](O[Si](C)(C)C(C)(C)C)[C@H](C=C)OC)[C@H](C)C(=O)CCCC1CC(=O)NC(=O)C1. The number of methoxy groups -OCH3 is 1. The molecular weight excluding hydrogens is 574 g/mol. The van der Waals surface area contributed by atoms with Crippen LogP contribution in [-0.4, -0.2) is 57.3 Å². The van der Waals surface area contributed by atoms with E-state index in [2.05, 4.69) is 52.3 Å². The minimum absolute atomic E-state index is 0.0190. The molecule has 248 valence electrons. The highest BCUT2D eigenvalue weighted by atomic mass is 28.4. The molecular formula is C35H57NO7Si. The highest BCUT2D eigenvalue weighted by Crippen LogP contribution is 2.39. The predicted molar refractivity (Wildman–Crippen MR) is 178 cm³/mol. The van der Waals surface area contributed by atoms with Crippen molar-refractivity contribution in [1.82, 2.24) is 5.32 Å². The Hall–Kier alpha value is -2.62. The molecule has 1 fully saturated rings. The fourth-order valence-corrected chi connectivity index (χ4v) is 6.51. The number of nitrogens with one attached hydrogen (secondary N) is 1. The lowest BCUT2D eigenvalue weighted by Crippen LogP contribution is -2.49. The Bertz CT molecular complexity index is 1060. The molecule has 0 aromatic heterocycles. The highest BCUT2D eigenvalue weighted by molar-refractivity contribution is 6.74. The van der Waals surface area contributed by atoms with Crippen LogP contribution in [0.5, 0.6) is 0 Å². The lowest BCUT2D eigenvalue weighted by molar-refractivity contribution is -0.145. The molecule has 0 saturated carbocycles. The van der Waals surface area contributed by atoms with Crippen LogP contribution in [0.15, 0.2) is 49.1 Å². The zero-order valence-corrected chi connectivity index (χ0v) is 29.6. The van der Waals surface area contributed by atoms with E-state index >= 15 is 0 Å². The lowest BCUT2D eigenvalue weighted by Gasteiger charge is -2.42. The first kappa shape index (κ1) is 39.4. The molecule has 1 rings (SSSR count). The predicted octanol–water partition coefficient (Wildman–Crippen LogP) is 7.02. The Morgan fingerprint density at radius 3 is 2.23 bits per heavy atom. The van der Waals surface area contributed by atoms with Crippen molar-refractivity contribution in [3.63, 3.8) is 0 Å². The molecule has 1 unspecified atom stereocenters. The van der Waals surface area contributed by atoms with Crippen LogP contribution < -0.4 is 5.32 Å². The van der Waals surface area contributed by atoms with E-state index in [-0.39, 0.29) is 53.1 Å². The molecule has 0 aromatic rings. The summed E-state index contributed by atoms with van der Waals surface area (Å²) in [5, 5.41) is 2.30. The number of Topliss-reactive ketones (excluding diaryl/α,β-unsaturated/α-hetero) is 1. The van der Waals surface area contributed by atoms with Crippen LogP contribution in [0.2, 0.25) is 18.1 Å².